The van der Waals surface area contributed by atoms with Crippen molar-refractivity contribution in [2.75, 3.05) is 12.4 Å². The van der Waals surface area contributed by atoms with Crippen molar-refractivity contribution in [2.24, 2.45) is 0 Å². The molecule has 1 amide bonds. The minimum Gasteiger partial charge on any atom is -0.465 e. The molecule has 2 aromatic rings. The molecule has 3 heterocycles. The van der Waals surface area contributed by atoms with E-state index in [0.29, 0.717) is 28.1 Å². The molecule has 2 aromatic heterocycles. The molecule has 112 valence electrons. The van der Waals surface area contributed by atoms with Crippen LogP contribution >= 0.6 is 11.6 Å². The Morgan fingerprint density at radius 2 is 2.18 bits per heavy atom. The molecule has 1 aliphatic heterocycles. The number of nitrogens with zero attached hydrogens (tertiary/aromatic N) is 1. The van der Waals surface area contributed by atoms with Gasteiger partial charge in [0.15, 0.2) is 0 Å². The molecule has 3 rings (SSSR count). The van der Waals surface area contributed by atoms with Crippen LogP contribution in [0.4, 0.5) is 5.69 Å². The van der Waals surface area contributed by atoms with E-state index in [4.69, 9.17) is 16.3 Å². The number of hydrogen-bond acceptors (Lipinski definition) is 4. The van der Waals surface area contributed by atoms with Gasteiger partial charge >= 0.3 is 5.97 Å². The first-order chi connectivity index (χ1) is 10.5. The van der Waals surface area contributed by atoms with Gasteiger partial charge in [-0.2, -0.15) is 0 Å². The van der Waals surface area contributed by atoms with E-state index < -0.39 is 5.97 Å². The maximum Gasteiger partial charge on any atom is 0.340 e. The number of aryl methyl sites for hydroxylation is 1. The second-order valence-electron chi connectivity index (χ2n) is 4.84. The lowest BCUT2D eigenvalue weighted by Gasteiger charge is -2.00. The van der Waals surface area contributed by atoms with Crippen LogP contribution in [0.5, 0.6) is 0 Å². The first-order valence-corrected chi connectivity index (χ1v) is 6.84. The van der Waals surface area contributed by atoms with E-state index in [1.165, 1.54) is 13.3 Å². The molecule has 2 N–H and O–H groups in total. The molecule has 22 heavy (non-hydrogen) atoms. The summed E-state index contributed by atoms with van der Waals surface area (Å²) < 4.78 is 4.75. The van der Waals surface area contributed by atoms with E-state index in [2.05, 4.69) is 15.3 Å². The number of nitrogens with one attached hydrogen (secondary N) is 2. The minimum absolute atomic E-state index is 0.276. The predicted octanol–water partition coefficient (Wildman–Crippen LogP) is 2.65. The van der Waals surface area contributed by atoms with Crippen molar-refractivity contribution < 1.29 is 14.3 Å². The number of aromatic nitrogens is 2. The second kappa shape index (κ2) is 5.31. The zero-order valence-corrected chi connectivity index (χ0v) is 12.6. The van der Waals surface area contributed by atoms with Crippen molar-refractivity contribution in [1.29, 1.82) is 0 Å². The molecule has 6 nitrogen and oxygen atoms in total. The highest BCUT2D eigenvalue weighted by molar-refractivity contribution is 6.36. The normalized spacial score (nSPS) is 14.9. The van der Waals surface area contributed by atoms with Gasteiger partial charge in [-0.1, -0.05) is 11.6 Å². The first kappa shape index (κ1) is 14.3. The van der Waals surface area contributed by atoms with Crippen LogP contribution in [0.2, 0.25) is 5.15 Å². The molecule has 7 heteroatoms. The monoisotopic (exact) mass is 317 g/mol. The molecule has 0 atom stereocenters. The zero-order chi connectivity index (χ0) is 15.9. The summed E-state index contributed by atoms with van der Waals surface area (Å²) in [7, 11) is 1.31. The summed E-state index contributed by atoms with van der Waals surface area (Å²) in [5.74, 6) is -0.746. The van der Waals surface area contributed by atoms with Gasteiger partial charge in [0, 0.05) is 11.3 Å². The molecule has 0 fully saturated rings. The standard InChI is InChI=1S/C15H12ClN3O3/c1-7-3-10(15(21)22-2)11(18-7)4-9-8-5-13(16)17-6-12(8)19-14(9)20/h3-6,18H,1-2H3,(H,19,20)/b9-4-. The first-order valence-electron chi connectivity index (χ1n) is 6.46. The van der Waals surface area contributed by atoms with Gasteiger partial charge in [-0.3, -0.25) is 4.79 Å². The number of methoxy groups -OCH3 is 1. The number of anilines is 1. The Morgan fingerprint density at radius 1 is 1.41 bits per heavy atom. The highest BCUT2D eigenvalue weighted by Crippen LogP contribution is 2.34. The van der Waals surface area contributed by atoms with Crippen LogP contribution in [0.1, 0.15) is 27.3 Å². The number of esters is 1. The quantitative estimate of drug-likeness (QED) is 0.506. The van der Waals surface area contributed by atoms with Gasteiger partial charge in [0.25, 0.3) is 5.91 Å². The van der Waals surface area contributed by atoms with Gasteiger partial charge in [-0.15, -0.1) is 0 Å². The lowest BCUT2D eigenvalue weighted by Crippen LogP contribution is -2.05. The number of carbonyl (C=O) groups excluding carboxylic acids is 2. The molecule has 0 aliphatic carbocycles. The molecule has 0 spiro atoms. The second-order valence-corrected chi connectivity index (χ2v) is 5.22. The molecule has 0 bridgehead atoms. The number of halogens is 1. The SMILES string of the molecule is COC(=O)c1cc(C)[nH]c1/C=C1\C(=O)Nc2cnc(Cl)cc21. The van der Waals surface area contributed by atoms with E-state index >= 15 is 0 Å². The number of hydrogen-bond donors (Lipinski definition) is 2. The molecule has 0 unspecified atom stereocenters. The largest absolute Gasteiger partial charge is 0.465 e. The average Bonchev–Trinajstić information content (AvgIpc) is 3.00. The van der Waals surface area contributed by atoms with Crippen LogP contribution in [0.3, 0.4) is 0 Å². The summed E-state index contributed by atoms with van der Waals surface area (Å²) in [6, 6.07) is 3.28. The van der Waals surface area contributed by atoms with Crippen LogP contribution < -0.4 is 5.32 Å². The van der Waals surface area contributed by atoms with Gasteiger partial charge in [-0.25, -0.2) is 9.78 Å². The van der Waals surface area contributed by atoms with E-state index in [0.717, 1.165) is 5.69 Å². The number of ether oxygens (including phenoxy) is 1. The number of amides is 1. The van der Waals surface area contributed by atoms with Crippen molar-refractivity contribution in [3.63, 3.8) is 0 Å². The molecular formula is C15H12ClN3O3. The van der Waals surface area contributed by atoms with Crippen LogP contribution in [0, 0.1) is 6.92 Å². The average molecular weight is 318 g/mol. The third kappa shape index (κ3) is 2.37. The lowest BCUT2D eigenvalue weighted by atomic mass is 10.1. The lowest BCUT2D eigenvalue weighted by molar-refractivity contribution is -0.110. The van der Waals surface area contributed by atoms with Gasteiger partial charge in [0.1, 0.15) is 5.15 Å². The maximum atomic E-state index is 12.1. The number of carbonyl (C=O) groups is 2. The molecule has 0 radical (unpaired) electrons. The van der Waals surface area contributed by atoms with Crippen LogP contribution in [-0.2, 0) is 9.53 Å². The van der Waals surface area contributed by atoms with E-state index in [-0.39, 0.29) is 11.1 Å². The molecule has 0 saturated carbocycles. The molecule has 0 aromatic carbocycles. The Balaban J connectivity index is 2.13. The van der Waals surface area contributed by atoms with Crippen molar-refractivity contribution in [3.05, 3.63) is 46.0 Å². The van der Waals surface area contributed by atoms with E-state index in [1.54, 1.807) is 18.2 Å². The van der Waals surface area contributed by atoms with Crippen molar-refractivity contribution in [1.82, 2.24) is 9.97 Å². The van der Waals surface area contributed by atoms with Crippen LogP contribution in [0.15, 0.2) is 18.3 Å². The van der Waals surface area contributed by atoms with Gasteiger partial charge < -0.3 is 15.0 Å². The number of aromatic amines is 1. The van der Waals surface area contributed by atoms with E-state index in [9.17, 15) is 9.59 Å². The van der Waals surface area contributed by atoms with Crippen molar-refractivity contribution in [3.8, 4) is 0 Å². The van der Waals surface area contributed by atoms with E-state index in [1.807, 2.05) is 6.92 Å². The number of H-pyrrole nitrogens is 1. The number of fused-ring (bicyclic) bond motifs is 1. The number of pyridine rings is 1. The Morgan fingerprint density at radius 3 is 2.91 bits per heavy atom. The highest BCUT2D eigenvalue weighted by Gasteiger charge is 2.26. The zero-order valence-electron chi connectivity index (χ0n) is 11.9. The van der Waals surface area contributed by atoms with Crippen molar-refractivity contribution >= 4 is 40.8 Å². The fraction of sp³-hybridized carbons (Fsp3) is 0.133. The smallest absolute Gasteiger partial charge is 0.340 e. The van der Waals surface area contributed by atoms with Gasteiger partial charge in [0.05, 0.1) is 35.8 Å². The summed E-state index contributed by atoms with van der Waals surface area (Å²) in [5.41, 5.74) is 3.31. The Labute approximate surface area is 131 Å². The fourth-order valence-electron chi connectivity index (χ4n) is 2.35. The topological polar surface area (TPSA) is 84.1 Å². The summed E-state index contributed by atoms with van der Waals surface area (Å²) in [5, 5.41) is 2.99. The van der Waals surface area contributed by atoms with Gasteiger partial charge in [0.2, 0.25) is 0 Å². The Hall–Kier alpha value is -2.60. The summed E-state index contributed by atoms with van der Waals surface area (Å²) in [6.07, 6.45) is 3.11. The molecule has 1 aliphatic rings. The van der Waals surface area contributed by atoms with Crippen LogP contribution in [-0.4, -0.2) is 29.0 Å². The molecular weight excluding hydrogens is 306 g/mol. The maximum absolute atomic E-state index is 12.1. The minimum atomic E-state index is -0.470. The fourth-order valence-corrected chi connectivity index (χ4v) is 2.51. The highest BCUT2D eigenvalue weighted by atomic mass is 35.5. The summed E-state index contributed by atoms with van der Waals surface area (Å²) >= 11 is 5.89. The third-order valence-corrected chi connectivity index (χ3v) is 3.54. The Bertz CT molecular complexity index is 823. The van der Waals surface area contributed by atoms with Gasteiger partial charge in [-0.05, 0) is 25.1 Å². The predicted molar refractivity (Wildman–Crippen MR) is 82.6 cm³/mol. The Kier molecular flexibility index (Phi) is 3.46. The van der Waals surface area contributed by atoms with Crippen LogP contribution in [0.25, 0.3) is 11.6 Å². The number of rotatable bonds is 2. The van der Waals surface area contributed by atoms with Crippen molar-refractivity contribution in [2.45, 2.75) is 6.92 Å². The summed E-state index contributed by atoms with van der Waals surface area (Å²) in [4.78, 5) is 30.9. The molecule has 0 saturated heterocycles. The summed E-state index contributed by atoms with van der Waals surface area (Å²) in [6.45, 7) is 1.82. The third-order valence-electron chi connectivity index (χ3n) is 3.33.